The smallest absolute Gasteiger partial charge is 0.0676 e. The van der Waals surface area contributed by atoms with Crippen molar-refractivity contribution in [2.24, 2.45) is 28.6 Å². The van der Waals surface area contributed by atoms with Crippen LogP contribution in [-0.4, -0.2) is 21.9 Å². The average molecular weight is 290 g/mol. The van der Waals surface area contributed by atoms with Crippen molar-refractivity contribution in [3.05, 3.63) is 11.6 Å². The van der Waals surface area contributed by atoms with Crippen LogP contribution in [0.15, 0.2) is 11.6 Å². The van der Waals surface area contributed by atoms with Gasteiger partial charge < -0.3 is 10.2 Å². The van der Waals surface area contributed by atoms with Gasteiger partial charge >= 0.3 is 0 Å². The SMILES string of the molecule is C[C@]12CC[C@H](O)CC1=C[C@@H]1[C@@H]2CC[C@@]2(C)[C@H]1CC[C@]2(C)O. The van der Waals surface area contributed by atoms with Gasteiger partial charge in [0.05, 0.1) is 11.7 Å². The molecule has 3 saturated carbocycles. The molecule has 4 rings (SSSR count). The Kier molecular flexibility index (Phi) is 2.81. The molecule has 3 fully saturated rings. The van der Waals surface area contributed by atoms with E-state index in [1.54, 1.807) is 0 Å². The van der Waals surface area contributed by atoms with Gasteiger partial charge in [0, 0.05) is 0 Å². The standard InChI is InChI=1S/C19H30O2/c1-17-7-4-13(20)10-12(17)11-14-15(17)5-8-18(2)16(14)6-9-19(18,3)21/h11,13-16,20-21H,4-10H2,1-3H3/t13-,14+,15-,16-,17-,18-,19-/m0/s1. The van der Waals surface area contributed by atoms with E-state index in [2.05, 4.69) is 26.8 Å². The highest BCUT2D eigenvalue weighted by atomic mass is 16.3. The molecule has 0 heterocycles. The molecule has 0 saturated heterocycles. The van der Waals surface area contributed by atoms with Crippen LogP contribution in [0.1, 0.15) is 65.7 Å². The third kappa shape index (κ3) is 1.67. The lowest BCUT2D eigenvalue weighted by Gasteiger charge is -2.52. The summed E-state index contributed by atoms with van der Waals surface area (Å²) >= 11 is 0. The fourth-order valence-corrected chi connectivity index (χ4v) is 6.55. The monoisotopic (exact) mass is 290 g/mol. The van der Waals surface area contributed by atoms with E-state index < -0.39 is 5.60 Å². The van der Waals surface area contributed by atoms with Gasteiger partial charge in [0.15, 0.2) is 0 Å². The van der Waals surface area contributed by atoms with Crippen LogP contribution in [0.25, 0.3) is 0 Å². The van der Waals surface area contributed by atoms with Crippen molar-refractivity contribution < 1.29 is 10.2 Å². The van der Waals surface area contributed by atoms with Crippen molar-refractivity contribution in [3.63, 3.8) is 0 Å². The average Bonchev–Trinajstić information content (AvgIpc) is 2.82. The summed E-state index contributed by atoms with van der Waals surface area (Å²) in [4.78, 5) is 0. The van der Waals surface area contributed by atoms with Gasteiger partial charge in [0.25, 0.3) is 0 Å². The minimum Gasteiger partial charge on any atom is -0.393 e. The van der Waals surface area contributed by atoms with Crippen molar-refractivity contribution in [3.8, 4) is 0 Å². The molecule has 0 aromatic carbocycles. The van der Waals surface area contributed by atoms with Crippen LogP contribution in [0.3, 0.4) is 0 Å². The summed E-state index contributed by atoms with van der Waals surface area (Å²) in [6, 6.07) is 0. The number of hydrogen-bond donors (Lipinski definition) is 2. The number of allylic oxidation sites excluding steroid dienone is 1. The van der Waals surface area contributed by atoms with Crippen LogP contribution in [-0.2, 0) is 0 Å². The largest absolute Gasteiger partial charge is 0.393 e. The second-order valence-corrected chi connectivity index (χ2v) is 9.07. The van der Waals surface area contributed by atoms with Crippen molar-refractivity contribution >= 4 is 0 Å². The van der Waals surface area contributed by atoms with Crippen LogP contribution in [0.4, 0.5) is 0 Å². The molecule has 4 aliphatic rings. The van der Waals surface area contributed by atoms with E-state index in [9.17, 15) is 10.2 Å². The summed E-state index contributed by atoms with van der Waals surface area (Å²) in [5.74, 6) is 2.04. The topological polar surface area (TPSA) is 40.5 Å². The summed E-state index contributed by atoms with van der Waals surface area (Å²) in [6.07, 6.45) is 9.98. The molecule has 0 bridgehead atoms. The van der Waals surface area contributed by atoms with Gasteiger partial charge in [-0.15, -0.1) is 0 Å². The third-order valence-corrected chi connectivity index (χ3v) is 8.29. The molecule has 118 valence electrons. The summed E-state index contributed by atoms with van der Waals surface area (Å²) in [7, 11) is 0. The van der Waals surface area contributed by atoms with Crippen molar-refractivity contribution in [1.82, 2.24) is 0 Å². The number of fused-ring (bicyclic) bond motifs is 5. The van der Waals surface area contributed by atoms with Crippen LogP contribution in [0.5, 0.6) is 0 Å². The lowest BCUT2D eigenvalue weighted by Crippen LogP contribution is -2.50. The van der Waals surface area contributed by atoms with E-state index in [1.807, 2.05) is 0 Å². The lowest BCUT2D eigenvalue weighted by molar-refractivity contribution is -0.0978. The Morgan fingerprint density at radius 3 is 2.48 bits per heavy atom. The molecular formula is C19H30O2. The Hall–Kier alpha value is -0.340. The van der Waals surface area contributed by atoms with Crippen molar-refractivity contribution in [2.75, 3.05) is 0 Å². The van der Waals surface area contributed by atoms with Gasteiger partial charge in [-0.1, -0.05) is 25.5 Å². The molecule has 0 amide bonds. The fourth-order valence-electron chi connectivity index (χ4n) is 6.55. The Bertz CT molecular complexity index is 494. The van der Waals surface area contributed by atoms with Crippen molar-refractivity contribution in [1.29, 1.82) is 0 Å². The van der Waals surface area contributed by atoms with Gasteiger partial charge in [-0.05, 0) is 80.5 Å². The highest BCUT2D eigenvalue weighted by molar-refractivity contribution is 5.30. The molecule has 0 unspecified atom stereocenters. The molecule has 2 nitrogen and oxygen atoms in total. The number of aliphatic hydroxyl groups is 2. The Labute approximate surface area is 128 Å². The van der Waals surface area contributed by atoms with Gasteiger partial charge in [-0.2, -0.15) is 0 Å². The first kappa shape index (κ1) is 14.3. The Morgan fingerprint density at radius 1 is 1.00 bits per heavy atom. The molecule has 4 aliphatic carbocycles. The maximum Gasteiger partial charge on any atom is 0.0676 e. The second kappa shape index (κ2) is 4.14. The Morgan fingerprint density at radius 2 is 1.71 bits per heavy atom. The van der Waals surface area contributed by atoms with Gasteiger partial charge in [0.2, 0.25) is 0 Å². The first-order chi connectivity index (χ1) is 9.78. The maximum absolute atomic E-state index is 10.9. The van der Waals surface area contributed by atoms with E-state index in [4.69, 9.17) is 0 Å². The van der Waals surface area contributed by atoms with E-state index >= 15 is 0 Å². The van der Waals surface area contributed by atoms with E-state index in [1.165, 1.54) is 24.8 Å². The summed E-state index contributed by atoms with van der Waals surface area (Å²) in [6.45, 7) is 6.84. The minimum absolute atomic E-state index is 0.0910. The molecule has 0 aliphatic heterocycles. The molecule has 21 heavy (non-hydrogen) atoms. The molecule has 0 aromatic heterocycles. The summed E-state index contributed by atoms with van der Waals surface area (Å²) < 4.78 is 0. The van der Waals surface area contributed by atoms with Crippen molar-refractivity contribution in [2.45, 2.75) is 77.4 Å². The van der Waals surface area contributed by atoms with Crippen LogP contribution < -0.4 is 0 Å². The van der Waals surface area contributed by atoms with E-state index in [0.717, 1.165) is 31.6 Å². The highest BCUT2D eigenvalue weighted by Gasteiger charge is 2.62. The molecule has 7 atom stereocenters. The molecular weight excluding hydrogens is 260 g/mol. The minimum atomic E-state index is -0.491. The predicted octanol–water partition coefficient (Wildman–Crippen LogP) is 3.67. The molecule has 2 heteroatoms. The molecule has 2 N–H and O–H groups in total. The zero-order valence-electron chi connectivity index (χ0n) is 13.7. The number of rotatable bonds is 0. The lowest BCUT2D eigenvalue weighted by atomic mass is 9.53. The zero-order valence-corrected chi connectivity index (χ0v) is 13.7. The second-order valence-electron chi connectivity index (χ2n) is 9.07. The summed E-state index contributed by atoms with van der Waals surface area (Å²) in [5, 5.41) is 20.9. The van der Waals surface area contributed by atoms with Crippen LogP contribution in [0, 0.1) is 28.6 Å². The van der Waals surface area contributed by atoms with Gasteiger partial charge in [0.1, 0.15) is 0 Å². The van der Waals surface area contributed by atoms with Gasteiger partial charge in [-0.3, -0.25) is 0 Å². The first-order valence-corrected chi connectivity index (χ1v) is 8.90. The fraction of sp³-hybridized carbons (Fsp3) is 0.895. The van der Waals surface area contributed by atoms with E-state index in [-0.39, 0.29) is 11.5 Å². The van der Waals surface area contributed by atoms with E-state index in [0.29, 0.717) is 17.3 Å². The predicted molar refractivity (Wildman–Crippen MR) is 83.7 cm³/mol. The molecule has 0 radical (unpaired) electrons. The quantitative estimate of drug-likeness (QED) is 0.668. The molecule has 0 spiro atoms. The Balaban J connectivity index is 1.71. The highest BCUT2D eigenvalue weighted by Crippen LogP contribution is 2.68. The first-order valence-electron chi connectivity index (χ1n) is 8.90. The van der Waals surface area contributed by atoms with Crippen LogP contribution >= 0.6 is 0 Å². The molecule has 0 aromatic rings. The number of hydrogen-bond acceptors (Lipinski definition) is 2. The van der Waals surface area contributed by atoms with Gasteiger partial charge in [-0.25, -0.2) is 0 Å². The number of aliphatic hydroxyl groups excluding tert-OH is 1. The third-order valence-electron chi connectivity index (χ3n) is 8.29. The normalized spacial score (nSPS) is 59.2. The zero-order chi connectivity index (χ0) is 15.0. The van der Waals surface area contributed by atoms with Crippen LogP contribution in [0.2, 0.25) is 0 Å². The summed E-state index contributed by atoms with van der Waals surface area (Å²) in [5.41, 5.74) is 1.47. The maximum atomic E-state index is 10.9.